The predicted octanol–water partition coefficient (Wildman–Crippen LogP) is 2.66. The highest BCUT2D eigenvalue weighted by Gasteiger charge is 2.30. The summed E-state index contributed by atoms with van der Waals surface area (Å²) in [6, 6.07) is 12.7. The van der Waals surface area contributed by atoms with Gasteiger partial charge in [-0.2, -0.15) is 0 Å². The second-order valence-electron chi connectivity index (χ2n) is 8.66. The SMILES string of the molecule is COc1ccc(N(CC(=O)N(Cc2cccc(OC)c2)C(C)C(=O)NCC(C)C)S(C)(=O)=O)cc1. The smallest absolute Gasteiger partial charge is 0.244 e. The zero-order chi connectivity index (χ0) is 26.2. The van der Waals surface area contributed by atoms with Gasteiger partial charge in [-0.1, -0.05) is 26.0 Å². The normalized spacial score (nSPS) is 12.1. The molecule has 0 aromatic heterocycles. The van der Waals surface area contributed by atoms with Crippen LogP contribution in [0.2, 0.25) is 0 Å². The van der Waals surface area contributed by atoms with Gasteiger partial charge in [0.1, 0.15) is 24.1 Å². The number of amides is 2. The van der Waals surface area contributed by atoms with Crippen LogP contribution in [0.3, 0.4) is 0 Å². The molecule has 0 saturated carbocycles. The average molecular weight is 506 g/mol. The zero-order valence-electron chi connectivity index (χ0n) is 21.1. The van der Waals surface area contributed by atoms with Crippen LogP contribution in [0, 0.1) is 5.92 Å². The second kappa shape index (κ2) is 12.4. The molecular formula is C25H35N3O6S. The Morgan fingerprint density at radius 1 is 0.971 bits per heavy atom. The molecule has 0 aliphatic carbocycles. The van der Waals surface area contributed by atoms with E-state index in [-0.39, 0.29) is 18.4 Å². The summed E-state index contributed by atoms with van der Waals surface area (Å²) in [7, 11) is -0.739. The van der Waals surface area contributed by atoms with E-state index in [2.05, 4.69) is 5.32 Å². The lowest BCUT2D eigenvalue weighted by molar-refractivity contribution is -0.139. The van der Waals surface area contributed by atoms with E-state index in [0.29, 0.717) is 23.7 Å². The van der Waals surface area contributed by atoms with E-state index >= 15 is 0 Å². The van der Waals surface area contributed by atoms with Gasteiger partial charge in [0, 0.05) is 13.1 Å². The van der Waals surface area contributed by atoms with Crippen LogP contribution in [-0.2, 0) is 26.2 Å². The van der Waals surface area contributed by atoms with Gasteiger partial charge in [0.15, 0.2) is 0 Å². The molecule has 2 aromatic rings. The highest BCUT2D eigenvalue weighted by molar-refractivity contribution is 7.92. The molecule has 0 aliphatic rings. The Kier molecular flexibility index (Phi) is 9.94. The summed E-state index contributed by atoms with van der Waals surface area (Å²) in [6.07, 6.45) is 1.04. The van der Waals surface area contributed by atoms with Crippen LogP contribution in [0.1, 0.15) is 26.3 Å². The van der Waals surface area contributed by atoms with Crippen LogP contribution < -0.4 is 19.1 Å². The third-order valence-electron chi connectivity index (χ3n) is 5.38. The van der Waals surface area contributed by atoms with Crippen molar-refractivity contribution in [1.29, 1.82) is 0 Å². The summed E-state index contributed by atoms with van der Waals surface area (Å²) in [6.45, 7) is 5.69. The fraction of sp³-hybridized carbons (Fsp3) is 0.440. The van der Waals surface area contributed by atoms with Crippen LogP contribution in [-0.4, -0.2) is 64.7 Å². The summed E-state index contributed by atoms with van der Waals surface area (Å²) in [4.78, 5) is 27.8. The second-order valence-corrected chi connectivity index (χ2v) is 10.6. The molecule has 1 atom stereocenters. The van der Waals surface area contributed by atoms with E-state index in [1.807, 2.05) is 19.9 Å². The number of nitrogens with zero attached hydrogens (tertiary/aromatic N) is 2. The highest BCUT2D eigenvalue weighted by atomic mass is 32.2. The molecular weight excluding hydrogens is 470 g/mol. The van der Waals surface area contributed by atoms with Crippen LogP contribution >= 0.6 is 0 Å². The molecule has 192 valence electrons. The van der Waals surface area contributed by atoms with E-state index in [1.165, 1.54) is 12.0 Å². The first-order valence-electron chi connectivity index (χ1n) is 11.3. The molecule has 2 aromatic carbocycles. The Balaban J connectivity index is 2.37. The number of carbonyl (C=O) groups is 2. The number of rotatable bonds is 12. The van der Waals surface area contributed by atoms with Gasteiger partial charge in [-0.05, 0) is 54.8 Å². The van der Waals surface area contributed by atoms with Crippen molar-refractivity contribution in [2.45, 2.75) is 33.4 Å². The van der Waals surface area contributed by atoms with Gasteiger partial charge >= 0.3 is 0 Å². The number of hydrogen-bond acceptors (Lipinski definition) is 6. The Labute approximate surface area is 208 Å². The van der Waals surface area contributed by atoms with Gasteiger partial charge in [-0.3, -0.25) is 13.9 Å². The van der Waals surface area contributed by atoms with Crippen molar-refractivity contribution >= 4 is 27.5 Å². The summed E-state index contributed by atoms with van der Waals surface area (Å²) >= 11 is 0. The molecule has 2 rings (SSSR count). The maximum Gasteiger partial charge on any atom is 0.244 e. The third-order valence-corrected chi connectivity index (χ3v) is 6.52. The maximum absolute atomic E-state index is 13.5. The van der Waals surface area contributed by atoms with Gasteiger partial charge in [0.25, 0.3) is 0 Å². The van der Waals surface area contributed by atoms with Crippen molar-refractivity contribution < 1.29 is 27.5 Å². The number of carbonyl (C=O) groups excluding carboxylic acids is 2. The van der Waals surface area contributed by atoms with Crippen LogP contribution in [0.4, 0.5) is 5.69 Å². The van der Waals surface area contributed by atoms with E-state index in [0.717, 1.165) is 16.1 Å². The van der Waals surface area contributed by atoms with E-state index in [1.54, 1.807) is 56.5 Å². The van der Waals surface area contributed by atoms with Crippen LogP contribution in [0.5, 0.6) is 11.5 Å². The summed E-state index contributed by atoms with van der Waals surface area (Å²) in [5.74, 6) is 0.586. The fourth-order valence-electron chi connectivity index (χ4n) is 3.36. The number of anilines is 1. The molecule has 0 bridgehead atoms. The quantitative estimate of drug-likeness (QED) is 0.476. The molecule has 0 spiro atoms. The molecule has 0 radical (unpaired) electrons. The summed E-state index contributed by atoms with van der Waals surface area (Å²) < 4.78 is 36.6. The fourth-order valence-corrected chi connectivity index (χ4v) is 4.21. The lowest BCUT2D eigenvalue weighted by Crippen LogP contribution is -2.51. The van der Waals surface area contributed by atoms with Gasteiger partial charge < -0.3 is 19.7 Å². The molecule has 10 heteroatoms. The Bertz CT molecular complexity index is 1100. The van der Waals surface area contributed by atoms with Crippen molar-refractivity contribution in [2.75, 3.05) is 37.9 Å². The van der Waals surface area contributed by atoms with Crippen molar-refractivity contribution in [3.05, 3.63) is 54.1 Å². The highest BCUT2D eigenvalue weighted by Crippen LogP contribution is 2.23. The zero-order valence-corrected chi connectivity index (χ0v) is 22.0. The van der Waals surface area contributed by atoms with Crippen molar-refractivity contribution in [3.8, 4) is 11.5 Å². The lowest BCUT2D eigenvalue weighted by Gasteiger charge is -2.31. The van der Waals surface area contributed by atoms with Crippen LogP contribution in [0.15, 0.2) is 48.5 Å². The number of benzene rings is 2. The van der Waals surface area contributed by atoms with Gasteiger partial charge in [0.05, 0.1) is 26.2 Å². The minimum Gasteiger partial charge on any atom is -0.497 e. The van der Waals surface area contributed by atoms with E-state index in [4.69, 9.17) is 9.47 Å². The summed E-state index contributed by atoms with van der Waals surface area (Å²) in [5.41, 5.74) is 1.07. The monoisotopic (exact) mass is 505 g/mol. The number of methoxy groups -OCH3 is 2. The van der Waals surface area contributed by atoms with Crippen molar-refractivity contribution in [3.63, 3.8) is 0 Å². The summed E-state index contributed by atoms with van der Waals surface area (Å²) in [5, 5.41) is 2.85. The Hall–Kier alpha value is -3.27. The van der Waals surface area contributed by atoms with Crippen molar-refractivity contribution in [2.24, 2.45) is 5.92 Å². The maximum atomic E-state index is 13.5. The largest absolute Gasteiger partial charge is 0.497 e. The van der Waals surface area contributed by atoms with E-state index < -0.39 is 28.5 Å². The van der Waals surface area contributed by atoms with Gasteiger partial charge in [-0.25, -0.2) is 8.42 Å². The Morgan fingerprint density at radius 2 is 1.60 bits per heavy atom. The molecule has 1 unspecified atom stereocenters. The molecule has 0 heterocycles. The Morgan fingerprint density at radius 3 is 2.14 bits per heavy atom. The molecule has 35 heavy (non-hydrogen) atoms. The first kappa shape index (κ1) is 28.0. The van der Waals surface area contributed by atoms with Crippen molar-refractivity contribution in [1.82, 2.24) is 10.2 Å². The molecule has 2 amide bonds. The number of hydrogen-bond donors (Lipinski definition) is 1. The average Bonchev–Trinajstić information content (AvgIpc) is 2.83. The molecule has 9 nitrogen and oxygen atoms in total. The van der Waals surface area contributed by atoms with E-state index in [9.17, 15) is 18.0 Å². The number of ether oxygens (including phenoxy) is 2. The predicted molar refractivity (Wildman–Crippen MR) is 136 cm³/mol. The third kappa shape index (κ3) is 8.17. The molecule has 1 N–H and O–H groups in total. The van der Waals surface area contributed by atoms with Gasteiger partial charge in [0.2, 0.25) is 21.8 Å². The van der Waals surface area contributed by atoms with Gasteiger partial charge in [-0.15, -0.1) is 0 Å². The minimum absolute atomic E-state index is 0.104. The lowest BCUT2D eigenvalue weighted by atomic mass is 10.1. The van der Waals surface area contributed by atoms with Crippen LogP contribution in [0.25, 0.3) is 0 Å². The molecule has 0 fully saturated rings. The molecule has 0 aliphatic heterocycles. The number of nitrogens with one attached hydrogen (secondary N) is 1. The first-order chi connectivity index (χ1) is 16.5. The number of sulfonamides is 1. The molecule has 0 saturated heterocycles. The topological polar surface area (TPSA) is 105 Å². The standard InChI is InChI=1S/C25H35N3O6S/c1-18(2)15-26-25(30)19(3)27(16-20-8-7-9-23(14-20)34-5)24(29)17-28(35(6,31)32)21-10-12-22(33-4)13-11-21/h7-14,18-19H,15-17H2,1-6H3,(H,26,30). The minimum atomic E-state index is -3.79. The first-order valence-corrected chi connectivity index (χ1v) is 13.1.